The van der Waals surface area contributed by atoms with Crippen molar-refractivity contribution < 1.29 is 24.2 Å². The van der Waals surface area contributed by atoms with Gasteiger partial charge in [0.25, 0.3) is 0 Å². The minimum atomic E-state index is -0.928. The number of carboxylic acid groups (broad SMARTS) is 1. The molecule has 1 rings (SSSR count). The molecule has 6 nitrogen and oxygen atoms in total. The van der Waals surface area contributed by atoms with Crippen molar-refractivity contribution in [2.24, 2.45) is 0 Å². The Labute approximate surface area is 121 Å². The fourth-order valence-corrected chi connectivity index (χ4v) is 1.81. The quantitative estimate of drug-likeness (QED) is 0.808. The largest absolute Gasteiger partial charge is 0.495 e. The summed E-state index contributed by atoms with van der Waals surface area (Å²) in [7, 11) is 2.94. The highest BCUT2D eigenvalue weighted by Crippen LogP contribution is 2.35. The minimum absolute atomic E-state index is 0.0477. The lowest BCUT2D eigenvalue weighted by atomic mass is 10.2. The van der Waals surface area contributed by atoms with Gasteiger partial charge < -0.3 is 19.9 Å². The number of aliphatic carboxylic acids is 1. The van der Waals surface area contributed by atoms with E-state index < -0.39 is 5.97 Å². The first kappa shape index (κ1) is 16.1. The fraction of sp³-hybridized carbons (Fsp3) is 0.385. The molecular weight excluding hydrogens is 286 g/mol. The average molecular weight is 302 g/mol. The fourth-order valence-electron chi connectivity index (χ4n) is 1.57. The molecule has 0 fully saturated rings. The second-order valence-electron chi connectivity index (χ2n) is 3.98. The van der Waals surface area contributed by atoms with Gasteiger partial charge >= 0.3 is 5.97 Å². The van der Waals surface area contributed by atoms with E-state index in [1.807, 2.05) is 0 Å². The molecule has 0 saturated carbocycles. The summed E-state index contributed by atoms with van der Waals surface area (Å²) in [5.41, 5.74) is 0.415. The van der Waals surface area contributed by atoms with Crippen LogP contribution in [0.5, 0.6) is 11.5 Å². The van der Waals surface area contributed by atoms with Gasteiger partial charge in [-0.1, -0.05) is 11.6 Å². The summed E-state index contributed by atoms with van der Waals surface area (Å²) in [6.07, 6.45) is 0.334. The number of nitrogens with one attached hydrogen (secondary N) is 1. The van der Waals surface area contributed by atoms with E-state index in [0.717, 1.165) is 0 Å². The van der Waals surface area contributed by atoms with Crippen molar-refractivity contribution in [1.82, 2.24) is 0 Å². The molecule has 1 aromatic carbocycles. The molecule has 0 aliphatic carbocycles. The Balaban J connectivity index is 2.73. The summed E-state index contributed by atoms with van der Waals surface area (Å²) in [4.78, 5) is 22.1. The first-order valence-electron chi connectivity index (χ1n) is 5.91. The topological polar surface area (TPSA) is 84.9 Å². The van der Waals surface area contributed by atoms with E-state index in [2.05, 4.69) is 5.32 Å². The Morgan fingerprint density at radius 1 is 1.20 bits per heavy atom. The molecule has 0 radical (unpaired) electrons. The highest BCUT2D eigenvalue weighted by atomic mass is 35.5. The zero-order valence-electron chi connectivity index (χ0n) is 11.2. The van der Waals surface area contributed by atoms with Crippen LogP contribution in [-0.4, -0.2) is 31.2 Å². The predicted molar refractivity (Wildman–Crippen MR) is 74.7 cm³/mol. The third-order valence-electron chi connectivity index (χ3n) is 2.54. The molecule has 0 unspecified atom stereocenters. The van der Waals surface area contributed by atoms with E-state index in [1.54, 1.807) is 6.07 Å². The van der Waals surface area contributed by atoms with E-state index in [1.165, 1.54) is 20.3 Å². The predicted octanol–water partition coefficient (Wildman–Crippen LogP) is 2.55. The average Bonchev–Trinajstić information content (AvgIpc) is 2.38. The number of halogens is 1. The summed E-state index contributed by atoms with van der Waals surface area (Å²) in [6, 6.07) is 3.09. The number of amides is 1. The van der Waals surface area contributed by atoms with Crippen molar-refractivity contribution in [1.29, 1.82) is 0 Å². The van der Waals surface area contributed by atoms with Crippen LogP contribution >= 0.6 is 11.6 Å². The number of rotatable bonds is 7. The first-order valence-corrected chi connectivity index (χ1v) is 6.29. The molecular formula is C13H16ClNO5. The lowest BCUT2D eigenvalue weighted by Crippen LogP contribution is -2.12. The van der Waals surface area contributed by atoms with Crippen LogP contribution in [0.4, 0.5) is 5.69 Å². The molecule has 0 aromatic heterocycles. The van der Waals surface area contributed by atoms with Gasteiger partial charge in [-0.3, -0.25) is 9.59 Å². The van der Waals surface area contributed by atoms with E-state index in [0.29, 0.717) is 22.2 Å². The maximum Gasteiger partial charge on any atom is 0.303 e. The lowest BCUT2D eigenvalue weighted by Gasteiger charge is -2.13. The highest BCUT2D eigenvalue weighted by Gasteiger charge is 2.12. The number of carbonyl (C=O) groups is 2. The Kier molecular flexibility index (Phi) is 6.11. The second-order valence-corrected chi connectivity index (χ2v) is 4.39. The highest BCUT2D eigenvalue weighted by molar-refractivity contribution is 6.32. The van der Waals surface area contributed by atoms with Gasteiger partial charge in [0.15, 0.2) is 0 Å². The standard InChI is InChI=1S/C13H16ClNO5/c1-19-10-7-11(20-2)9(6-8(10)14)15-12(16)4-3-5-13(17)18/h6-7H,3-5H2,1-2H3,(H,15,16)(H,17,18). The molecule has 110 valence electrons. The zero-order valence-corrected chi connectivity index (χ0v) is 12.0. The Morgan fingerprint density at radius 3 is 2.40 bits per heavy atom. The van der Waals surface area contributed by atoms with E-state index >= 15 is 0 Å². The Morgan fingerprint density at radius 2 is 1.85 bits per heavy atom. The third-order valence-corrected chi connectivity index (χ3v) is 2.84. The summed E-state index contributed by atoms with van der Waals surface area (Å²) in [5, 5.41) is 11.5. The molecule has 1 amide bonds. The van der Waals surface area contributed by atoms with Crippen molar-refractivity contribution in [3.8, 4) is 11.5 Å². The van der Waals surface area contributed by atoms with Gasteiger partial charge in [-0.2, -0.15) is 0 Å². The normalized spacial score (nSPS) is 9.95. The number of carboxylic acids is 1. The number of benzene rings is 1. The number of hydrogen-bond acceptors (Lipinski definition) is 4. The lowest BCUT2D eigenvalue weighted by molar-refractivity contribution is -0.137. The number of methoxy groups -OCH3 is 2. The summed E-state index contributed by atoms with van der Waals surface area (Å²) >= 11 is 5.98. The van der Waals surface area contributed by atoms with Gasteiger partial charge in [-0.25, -0.2) is 0 Å². The molecule has 0 spiro atoms. The summed E-state index contributed by atoms with van der Waals surface area (Å²) in [5.74, 6) is -0.376. The molecule has 0 heterocycles. The van der Waals surface area contributed by atoms with Gasteiger partial charge in [0.2, 0.25) is 5.91 Å². The SMILES string of the molecule is COc1cc(OC)c(NC(=O)CCCC(=O)O)cc1Cl. The van der Waals surface area contributed by atoms with Gasteiger partial charge in [0.05, 0.1) is 24.9 Å². The van der Waals surface area contributed by atoms with E-state index in [9.17, 15) is 9.59 Å². The maximum atomic E-state index is 11.7. The van der Waals surface area contributed by atoms with E-state index in [4.69, 9.17) is 26.2 Å². The summed E-state index contributed by atoms with van der Waals surface area (Å²) < 4.78 is 10.2. The number of carbonyl (C=O) groups excluding carboxylic acids is 1. The smallest absolute Gasteiger partial charge is 0.303 e. The van der Waals surface area contributed by atoms with Crippen molar-refractivity contribution in [3.05, 3.63) is 17.2 Å². The van der Waals surface area contributed by atoms with E-state index in [-0.39, 0.29) is 25.2 Å². The van der Waals surface area contributed by atoms with Gasteiger partial charge in [-0.05, 0) is 12.5 Å². The number of ether oxygens (including phenoxy) is 2. The van der Waals surface area contributed by atoms with Crippen LogP contribution in [0.25, 0.3) is 0 Å². The molecule has 1 aromatic rings. The first-order chi connectivity index (χ1) is 9.47. The molecule has 2 N–H and O–H groups in total. The van der Waals surface area contributed by atoms with Gasteiger partial charge in [-0.15, -0.1) is 0 Å². The van der Waals surface area contributed by atoms with Crippen molar-refractivity contribution in [2.45, 2.75) is 19.3 Å². The van der Waals surface area contributed by atoms with Crippen molar-refractivity contribution in [2.75, 3.05) is 19.5 Å². The Bertz CT molecular complexity index is 504. The van der Waals surface area contributed by atoms with Gasteiger partial charge in [0.1, 0.15) is 11.5 Å². The molecule has 0 saturated heterocycles. The number of anilines is 1. The summed E-state index contributed by atoms with van der Waals surface area (Å²) in [6.45, 7) is 0. The second kappa shape index (κ2) is 7.59. The molecule has 0 aliphatic rings. The molecule has 7 heteroatoms. The van der Waals surface area contributed by atoms with Crippen molar-refractivity contribution in [3.63, 3.8) is 0 Å². The van der Waals surface area contributed by atoms with Crippen LogP contribution in [0.2, 0.25) is 5.02 Å². The molecule has 20 heavy (non-hydrogen) atoms. The molecule has 0 aliphatic heterocycles. The van der Waals surface area contributed by atoms with Crippen LogP contribution in [0, 0.1) is 0 Å². The van der Waals surface area contributed by atoms with Gasteiger partial charge in [0, 0.05) is 18.9 Å². The Hall–Kier alpha value is -1.95. The van der Waals surface area contributed by atoms with Crippen LogP contribution < -0.4 is 14.8 Å². The zero-order chi connectivity index (χ0) is 15.1. The third kappa shape index (κ3) is 4.62. The van der Waals surface area contributed by atoms with Crippen molar-refractivity contribution >= 4 is 29.2 Å². The molecule has 0 bridgehead atoms. The number of hydrogen-bond donors (Lipinski definition) is 2. The van der Waals surface area contributed by atoms with Crippen LogP contribution in [0.1, 0.15) is 19.3 Å². The monoisotopic (exact) mass is 301 g/mol. The maximum absolute atomic E-state index is 11.7. The van der Waals surface area contributed by atoms with Crippen LogP contribution in [-0.2, 0) is 9.59 Å². The molecule has 0 atom stereocenters. The van der Waals surface area contributed by atoms with Crippen LogP contribution in [0.3, 0.4) is 0 Å². The van der Waals surface area contributed by atoms with Crippen LogP contribution in [0.15, 0.2) is 12.1 Å². The minimum Gasteiger partial charge on any atom is -0.495 e.